The fraction of sp³-hybridized carbons (Fsp3) is 0.185. The van der Waals surface area contributed by atoms with Crippen LogP contribution in [0.1, 0.15) is 34.3 Å². The van der Waals surface area contributed by atoms with E-state index in [-0.39, 0.29) is 6.10 Å². The first-order valence-corrected chi connectivity index (χ1v) is 12.0. The summed E-state index contributed by atoms with van der Waals surface area (Å²) < 4.78 is 18.7. The lowest BCUT2D eigenvalue weighted by Gasteiger charge is -2.20. The van der Waals surface area contributed by atoms with Gasteiger partial charge in [-0.1, -0.05) is 53.2 Å². The Bertz CT molecular complexity index is 1510. The lowest BCUT2D eigenvalue weighted by Crippen LogP contribution is -2.11. The van der Waals surface area contributed by atoms with Gasteiger partial charge in [-0.3, -0.25) is 0 Å². The highest BCUT2D eigenvalue weighted by molar-refractivity contribution is 6.31. The van der Waals surface area contributed by atoms with E-state index < -0.39 is 0 Å². The van der Waals surface area contributed by atoms with Crippen LogP contribution in [0, 0.1) is 0 Å². The molecule has 1 aliphatic heterocycles. The Morgan fingerprint density at radius 1 is 1.00 bits per heavy atom. The Labute approximate surface area is 212 Å². The number of halogens is 1. The van der Waals surface area contributed by atoms with Gasteiger partial charge < -0.3 is 14.2 Å². The van der Waals surface area contributed by atoms with Gasteiger partial charge in [0, 0.05) is 22.4 Å². The maximum atomic E-state index is 6.38. The minimum atomic E-state index is -0.324. The highest BCUT2D eigenvalue weighted by Gasteiger charge is 2.26. The average Bonchev–Trinajstić information content (AvgIpc) is 3.37. The monoisotopic (exact) mass is 499 g/mol. The highest BCUT2D eigenvalue weighted by atomic mass is 35.5. The number of ether oxygens (including phenoxy) is 3. The fourth-order valence-electron chi connectivity index (χ4n) is 4.30. The normalized spacial score (nSPS) is 14.5. The second kappa shape index (κ2) is 9.93. The van der Waals surface area contributed by atoms with E-state index >= 15 is 0 Å². The van der Waals surface area contributed by atoms with Crippen molar-refractivity contribution in [3.8, 4) is 11.5 Å². The summed E-state index contributed by atoms with van der Waals surface area (Å²) in [5, 5.41) is 15.8. The van der Waals surface area contributed by atoms with E-state index in [1.165, 1.54) is 0 Å². The van der Waals surface area contributed by atoms with E-state index in [4.69, 9.17) is 25.8 Å². The Balaban J connectivity index is 1.25. The fourth-order valence-corrected chi connectivity index (χ4v) is 4.47. The molecule has 1 aliphatic rings. The molecule has 0 saturated heterocycles. The third-order valence-corrected chi connectivity index (χ3v) is 6.32. The number of benzene rings is 3. The molecule has 0 spiro atoms. The lowest BCUT2D eigenvalue weighted by atomic mass is 9.97. The summed E-state index contributed by atoms with van der Waals surface area (Å²) in [7, 11) is 0. The first-order chi connectivity index (χ1) is 17.7. The Morgan fingerprint density at radius 2 is 1.92 bits per heavy atom. The molecule has 36 heavy (non-hydrogen) atoms. The number of aromatic nitrogens is 5. The summed E-state index contributed by atoms with van der Waals surface area (Å²) in [6, 6.07) is 23.6. The number of rotatable bonds is 7. The molecular formula is C27H22ClN5O3. The molecule has 0 amide bonds. The van der Waals surface area contributed by atoms with Gasteiger partial charge in [-0.15, -0.1) is 10.2 Å². The summed E-state index contributed by atoms with van der Waals surface area (Å²) in [5.74, 6) is 2.08. The van der Waals surface area contributed by atoms with Gasteiger partial charge in [-0.2, -0.15) is 5.21 Å². The van der Waals surface area contributed by atoms with Gasteiger partial charge in [0.05, 0.1) is 17.8 Å². The van der Waals surface area contributed by atoms with Gasteiger partial charge >= 0.3 is 0 Å². The van der Waals surface area contributed by atoms with Crippen LogP contribution < -0.4 is 9.47 Å². The van der Waals surface area contributed by atoms with Crippen molar-refractivity contribution in [3.05, 3.63) is 106 Å². The molecule has 1 N–H and O–H groups in total. The van der Waals surface area contributed by atoms with Crippen LogP contribution in [0.25, 0.3) is 10.9 Å². The van der Waals surface area contributed by atoms with Crippen LogP contribution >= 0.6 is 11.6 Å². The number of H-pyrrole nitrogens is 1. The van der Waals surface area contributed by atoms with Gasteiger partial charge in [0.2, 0.25) is 0 Å². The lowest BCUT2D eigenvalue weighted by molar-refractivity contribution is 0.0809. The number of hydrogen-bond acceptors (Lipinski definition) is 7. The standard InChI is InChI=1S/C27H22ClN5O3/c28-19-7-5-17-6-8-20(29-24(17)13-19)16-35-21-9-10-25-23(14-21)27(34-12-11-26-30-32-33-31-26)22-4-2-1-3-18(22)15-36-25/h1-10,13-14,27H,11-12,15-16H2,(H,30,31,32,33). The summed E-state index contributed by atoms with van der Waals surface area (Å²) in [6.07, 6.45) is 0.217. The van der Waals surface area contributed by atoms with Crippen LogP contribution in [-0.4, -0.2) is 32.2 Å². The van der Waals surface area contributed by atoms with E-state index in [0.29, 0.717) is 42.8 Å². The van der Waals surface area contributed by atoms with Gasteiger partial charge in [0.1, 0.15) is 30.8 Å². The number of fused-ring (bicyclic) bond motifs is 3. The van der Waals surface area contributed by atoms with E-state index in [0.717, 1.165) is 39.0 Å². The van der Waals surface area contributed by atoms with Crippen molar-refractivity contribution < 1.29 is 14.2 Å². The zero-order chi connectivity index (χ0) is 24.3. The molecule has 3 heterocycles. The van der Waals surface area contributed by atoms with Gasteiger partial charge in [0.25, 0.3) is 0 Å². The number of hydrogen-bond donors (Lipinski definition) is 1. The van der Waals surface area contributed by atoms with Crippen LogP contribution in [0.5, 0.6) is 11.5 Å². The minimum absolute atomic E-state index is 0.321. The number of aromatic amines is 1. The van der Waals surface area contributed by atoms with E-state index in [2.05, 4.69) is 37.7 Å². The molecule has 180 valence electrons. The molecule has 0 fully saturated rings. The maximum absolute atomic E-state index is 6.38. The van der Waals surface area contributed by atoms with Crippen LogP contribution in [0.2, 0.25) is 5.02 Å². The molecular weight excluding hydrogens is 478 g/mol. The smallest absolute Gasteiger partial charge is 0.176 e. The number of nitrogens with one attached hydrogen (secondary N) is 1. The van der Waals surface area contributed by atoms with Crippen LogP contribution in [0.3, 0.4) is 0 Å². The van der Waals surface area contributed by atoms with Crippen molar-refractivity contribution >= 4 is 22.5 Å². The highest BCUT2D eigenvalue weighted by Crippen LogP contribution is 2.40. The van der Waals surface area contributed by atoms with Crippen LogP contribution in [0.4, 0.5) is 0 Å². The Hall–Kier alpha value is -4.01. The topological polar surface area (TPSA) is 95.0 Å². The SMILES string of the molecule is Clc1ccc2ccc(COc3ccc4c(c3)C(OCCc3nn[nH]n3)c3ccccc3CO4)nc2c1. The molecule has 0 radical (unpaired) electrons. The minimum Gasteiger partial charge on any atom is -0.488 e. The second-order valence-corrected chi connectivity index (χ2v) is 8.88. The Morgan fingerprint density at radius 3 is 2.83 bits per heavy atom. The van der Waals surface area contributed by atoms with Gasteiger partial charge in [-0.05, 0) is 47.5 Å². The average molecular weight is 500 g/mol. The summed E-state index contributed by atoms with van der Waals surface area (Å²) in [6.45, 7) is 1.21. The Kier molecular flexibility index (Phi) is 6.19. The van der Waals surface area contributed by atoms with Crippen molar-refractivity contribution in [3.63, 3.8) is 0 Å². The summed E-state index contributed by atoms with van der Waals surface area (Å²) in [4.78, 5) is 4.68. The molecule has 8 nitrogen and oxygen atoms in total. The van der Waals surface area contributed by atoms with Crippen molar-refractivity contribution in [1.29, 1.82) is 0 Å². The third-order valence-electron chi connectivity index (χ3n) is 6.08. The molecule has 0 saturated carbocycles. The van der Waals surface area contributed by atoms with Gasteiger partial charge in [-0.25, -0.2) is 4.98 Å². The molecule has 6 rings (SSSR count). The van der Waals surface area contributed by atoms with E-state index in [1.807, 2.05) is 60.7 Å². The van der Waals surface area contributed by atoms with Crippen molar-refractivity contribution in [2.75, 3.05) is 6.61 Å². The first kappa shape index (κ1) is 22.5. The maximum Gasteiger partial charge on any atom is 0.176 e. The molecule has 5 aromatic rings. The predicted molar refractivity (Wildman–Crippen MR) is 134 cm³/mol. The molecule has 0 aliphatic carbocycles. The van der Waals surface area contributed by atoms with Crippen LogP contribution in [-0.2, 0) is 24.4 Å². The zero-order valence-corrected chi connectivity index (χ0v) is 20.0. The van der Waals surface area contributed by atoms with E-state index in [1.54, 1.807) is 0 Å². The molecule has 1 atom stereocenters. The molecule has 1 unspecified atom stereocenters. The van der Waals surface area contributed by atoms with E-state index in [9.17, 15) is 0 Å². The van der Waals surface area contributed by atoms with Crippen molar-refractivity contribution in [1.82, 2.24) is 25.6 Å². The number of pyridine rings is 1. The first-order valence-electron chi connectivity index (χ1n) is 11.6. The molecule has 0 bridgehead atoms. The number of nitrogens with zero attached hydrogens (tertiary/aromatic N) is 4. The summed E-state index contributed by atoms with van der Waals surface area (Å²) in [5.41, 5.74) is 4.71. The molecule has 9 heteroatoms. The quantitative estimate of drug-likeness (QED) is 0.328. The van der Waals surface area contributed by atoms with Crippen molar-refractivity contribution in [2.45, 2.75) is 25.7 Å². The zero-order valence-electron chi connectivity index (χ0n) is 19.2. The summed E-state index contributed by atoms with van der Waals surface area (Å²) >= 11 is 6.13. The van der Waals surface area contributed by atoms with Gasteiger partial charge in [0.15, 0.2) is 5.82 Å². The van der Waals surface area contributed by atoms with Crippen LogP contribution in [0.15, 0.2) is 72.8 Å². The third kappa shape index (κ3) is 4.73. The largest absolute Gasteiger partial charge is 0.488 e. The molecule has 2 aromatic heterocycles. The number of tetrazole rings is 1. The van der Waals surface area contributed by atoms with Crippen molar-refractivity contribution in [2.24, 2.45) is 0 Å². The second-order valence-electron chi connectivity index (χ2n) is 8.44. The molecule has 3 aromatic carbocycles. The predicted octanol–water partition coefficient (Wildman–Crippen LogP) is 5.22.